The Morgan fingerprint density at radius 2 is 2.00 bits per heavy atom. The van der Waals surface area contributed by atoms with Crippen molar-refractivity contribution in [2.24, 2.45) is 5.92 Å². The fraction of sp³-hybridized carbons (Fsp3) is 0.350. The lowest BCUT2D eigenvalue weighted by atomic mass is 9.96. The number of likely N-dealkylation sites (tertiary alicyclic amines) is 1. The van der Waals surface area contributed by atoms with Crippen LogP contribution in [0.2, 0.25) is 0 Å². The molecule has 0 atom stereocenters. The van der Waals surface area contributed by atoms with Crippen LogP contribution in [0.3, 0.4) is 0 Å². The second-order valence-electron chi connectivity index (χ2n) is 6.87. The standard InChI is InChI=1S/C20H21FN4O3/c21-16-5-3-14(4-6-16)19-23-18(28-24-19)13-25-9-7-15(8-10-25)20(26)22-12-17-2-1-11-27-17/h1-6,11,15H,7-10,12-13H2,(H,22,26). The lowest BCUT2D eigenvalue weighted by molar-refractivity contribution is -0.126. The molecule has 3 heterocycles. The van der Waals surface area contributed by atoms with Crippen LogP contribution >= 0.6 is 0 Å². The van der Waals surface area contributed by atoms with Crippen LogP contribution in [0.4, 0.5) is 4.39 Å². The molecule has 1 aliphatic heterocycles. The summed E-state index contributed by atoms with van der Waals surface area (Å²) in [7, 11) is 0. The quantitative estimate of drug-likeness (QED) is 0.703. The molecule has 0 radical (unpaired) electrons. The van der Waals surface area contributed by atoms with Crippen LogP contribution in [0.25, 0.3) is 11.4 Å². The summed E-state index contributed by atoms with van der Waals surface area (Å²) in [5, 5.41) is 6.89. The topological polar surface area (TPSA) is 84.4 Å². The Morgan fingerprint density at radius 1 is 1.21 bits per heavy atom. The third-order valence-electron chi connectivity index (χ3n) is 4.90. The van der Waals surface area contributed by atoms with Gasteiger partial charge in [-0.2, -0.15) is 4.98 Å². The third kappa shape index (κ3) is 4.45. The third-order valence-corrected chi connectivity index (χ3v) is 4.90. The molecule has 0 bridgehead atoms. The van der Waals surface area contributed by atoms with Crippen molar-refractivity contribution >= 4 is 5.91 Å². The van der Waals surface area contributed by atoms with E-state index in [0.717, 1.165) is 31.7 Å². The molecule has 146 valence electrons. The zero-order valence-corrected chi connectivity index (χ0v) is 15.3. The highest BCUT2D eigenvalue weighted by Crippen LogP contribution is 2.21. The maximum absolute atomic E-state index is 13.0. The molecular weight excluding hydrogens is 363 g/mol. The second-order valence-corrected chi connectivity index (χ2v) is 6.87. The summed E-state index contributed by atoms with van der Waals surface area (Å²) < 4.78 is 23.6. The van der Waals surface area contributed by atoms with E-state index in [9.17, 15) is 9.18 Å². The Hall–Kier alpha value is -3.00. The number of hydrogen-bond acceptors (Lipinski definition) is 6. The molecule has 0 spiro atoms. The Kier molecular flexibility index (Phi) is 5.48. The Morgan fingerprint density at radius 3 is 2.71 bits per heavy atom. The van der Waals surface area contributed by atoms with Crippen molar-refractivity contribution in [2.45, 2.75) is 25.9 Å². The highest BCUT2D eigenvalue weighted by Gasteiger charge is 2.26. The van der Waals surface area contributed by atoms with Crippen LogP contribution in [0.15, 0.2) is 51.6 Å². The molecule has 7 nitrogen and oxygen atoms in total. The molecule has 3 aromatic rings. The van der Waals surface area contributed by atoms with Gasteiger partial charge in [0, 0.05) is 11.5 Å². The summed E-state index contributed by atoms with van der Waals surface area (Å²) in [5.74, 6) is 1.47. The van der Waals surface area contributed by atoms with Gasteiger partial charge in [0.05, 0.1) is 19.4 Å². The van der Waals surface area contributed by atoms with Gasteiger partial charge < -0.3 is 14.3 Å². The number of furan rings is 1. The van der Waals surface area contributed by atoms with Crippen molar-refractivity contribution < 1.29 is 18.1 Å². The van der Waals surface area contributed by atoms with E-state index in [1.165, 1.54) is 12.1 Å². The fourth-order valence-electron chi connectivity index (χ4n) is 3.31. The molecule has 1 fully saturated rings. The lowest BCUT2D eigenvalue weighted by Gasteiger charge is -2.30. The SMILES string of the molecule is O=C(NCc1ccco1)C1CCN(Cc2nc(-c3ccc(F)cc3)no2)CC1. The number of amides is 1. The molecule has 4 rings (SSSR count). The summed E-state index contributed by atoms with van der Waals surface area (Å²) in [6.07, 6.45) is 3.16. The smallest absolute Gasteiger partial charge is 0.241 e. The van der Waals surface area contributed by atoms with Gasteiger partial charge in [-0.15, -0.1) is 0 Å². The zero-order chi connectivity index (χ0) is 19.3. The number of benzene rings is 1. The van der Waals surface area contributed by atoms with Crippen LogP contribution < -0.4 is 5.32 Å². The minimum Gasteiger partial charge on any atom is -0.467 e. The van der Waals surface area contributed by atoms with E-state index >= 15 is 0 Å². The molecule has 28 heavy (non-hydrogen) atoms. The maximum Gasteiger partial charge on any atom is 0.241 e. The second kappa shape index (κ2) is 8.35. The number of carbonyl (C=O) groups is 1. The van der Waals surface area contributed by atoms with Crippen LogP contribution in [0.5, 0.6) is 0 Å². The van der Waals surface area contributed by atoms with Gasteiger partial charge in [-0.25, -0.2) is 4.39 Å². The number of aromatic nitrogens is 2. The number of piperidine rings is 1. The van der Waals surface area contributed by atoms with Crippen molar-refractivity contribution in [3.8, 4) is 11.4 Å². The molecule has 1 aromatic carbocycles. The number of nitrogens with zero attached hydrogens (tertiary/aromatic N) is 3. The molecular formula is C20H21FN4O3. The Bertz CT molecular complexity index is 900. The highest BCUT2D eigenvalue weighted by molar-refractivity contribution is 5.78. The van der Waals surface area contributed by atoms with Crippen LogP contribution in [-0.2, 0) is 17.9 Å². The number of nitrogens with one attached hydrogen (secondary N) is 1. The Balaban J connectivity index is 1.25. The average Bonchev–Trinajstić information content (AvgIpc) is 3.39. The predicted octanol–water partition coefficient (Wildman–Crippen LogP) is 3.00. The van der Waals surface area contributed by atoms with Crippen molar-refractivity contribution in [3.05, 3.63) is 60.1 Å². The molecule has 1 aliphatic rings. The van der Waals surface area contributed by atoms with E-state index in [0.29, 0.717) is 30.4 Å². The van der Waals surface area contributed by atoms with Gasteiger partial charge in [0.15, 0.2) is 0 Å². The van der Waals surface area contributed by atoms with E-state index in [1.54, 1.807) is 24.5 Å². The van der Waals surface area contributed by atoms with Gasteiger partial charge in [0.2, 0.25) is 17.6 Å². The van der Waals surface area contributed by atoms with Crippen LogP contribution in [0.1, 0.15) is 24.5 Å². The van der Waals surface area contributed by atoms with Crippen molar-refractivity contribution in [3.63, 3.8) is 0 Å². The molecule has 0 aliphatic carbocycles. The van der Waals surface area contributed by atoms with Crippen LogP contribution in [0, 0.1) is 11.7 Å². The molecule has 8 heteroatoms. The molecule has 2 aromatic heterocycles. The highest BCUT2D eigenvalue weighted by atomic mass is 19.1. The monoisotopic (exact) mass is 384 g/mol. The first-order valence-corrected chi connectivity index (χ1v) is 9.28. The van der Waals surface area contributed by atoms with Gasteiger partial charge in [-0.05, 0) is 62.3 Å². The molecule has 1 amide bonds. The molecule has 0 saturated carbocycles. The first kappa shape index (κ1) is 18.4. The minimum atomic E-state index is -0.302. The normalized spacial score (nSPS) is 15.6. The van der Waals surface area contributed by atoms with Gasteiger partial charge in [-0.1, -0.05) is 5.16 Å². The number of hydrogen-bond donors (Lipinski definition) is 1. The molecule has 1 saturated heterocycles. The predicted molar refractivity (Wildman–Crippen MR) is 98.2 cm³/mol. The van der Waals surface area contributed by atoms with Gasteiger partial charge in [0.25, 0.3) is 0 Å². The van der Waals surface area contributed by atoms with Crippen molar-refractivity contribution in [1.82, 2.24) is 20.4 Å². The molecule has 1 N–H and O–H groups in total. The van der Waals surface area contributed by atoms with Gasteiger partial charge in [-0.3, -0.25) is 9.69 Å². The summed E-state index contributed by atoms with van der Waals surface area (Å²) in [6.45, 7) is 2.52. The van der Waals surface area contributed by atoms with E-state index in [2.05, 4.69) is 20.4 Å². The minimum absolute atomic E-state index is 0.00340. The molecule has 0 unspecified atom stereocenters. The number of rotatable bonds is 6. The van der Waals surface area contributed by atoms with E-state index in [4.69, 9.17) is 8.94 Å². The maximum atomic E-state index is 13.0. The first-order chi connectivity index (χ1) is 13.7. The van der Waals surface area contributed by atoms with E-state index < -0.39 is 0 Å². The summed E-state index contributed by atoms with van der Waals surface area (Å²) in [4.78, 5) is 18.9. The Labute approximate surface area is 161 Å². The van der Waals surface area contributed by atoms with E-state index in [1.807, 2.05) is 6.07 Å². The number of carbonyl (C=O) groups excluding carboxylic acids is 1. The van der Waals surface area contributed by atoms with Gasteiger partial charge in [0.1, 0.15) is 11.6 Å². The van der Waals surface area contributed by atoms with Crippen molar-refractivity contribution in [2.75, 3.05) is 13.1 Å². The van der Waals surface area contributed by atoms with Crippen molar-refractivity contribution in [1.29, 1.82) is 0 Å². The van der Waals surface area contributed by atoms with Crippen LogP contribution in [-0.4, -0.2) is 34.0 Å². The van der Waals surface area contributed by atoms with Gasteiger partial charge >= 0.3 is 0 Å². The first-order valence-electron chi connectivity index (χ1n) is 9.28. The van der Waals surface area contributed by atoms with E-state index in [-0.39, 0.29) is 17.6 Å². The summed E-state index contributed by atoms with van der Waals surface area (Å²) in [6, 6.07) is 9.63. The lowest BCUT2D eigenvalue weighted by Crippen LogP contribution is -2.40. The summed E-state index contributed by atoms with van der Waals surface area (Å²) in [5.41, 5.74) is 0.711. The average molecular weight is 384 g/mol. The summed E-state index contributed by atoms with van der Waals surface area (Å²) >= 11 is 0. The number of halogens is 1. The zero-order valence-electron chi connectivity index (χ0n) is 15.3. The fourth-order valence-corrected chi connectivity index (χ4v) is 3.31. The largest absolute Gasteiger partial charge is 0.467 e.